The minimum Gasteiger partial charge on any atom is -0.311 e. The van der Waals surface area contributed by atoms with Crippen LogP contribution in [0.4, 0.5) is 11.5 Å². The molecule has 1 N–H and O–H groups in total. The van der Waals surface area contributed by atoms with E-state index in [1.165, 1.54) is 0 Å². The van der Waals surface area contributed by atoms with E-state index in [4.69, 9.17) is 23.2 Å². The zero-order chi connectivity index (χ0) is 23.3. The highest BCUT2D eigenvalue weighted by Crippen LogP contribution is 2.52. The Morgan fingerprint density at radius 2 is 1.85 bits per heavy atom. The van der Waals surface area contributed by atoms with Crippen molar-refractivity contribution in [3.05, 3.63) is 69.3 Å². The predicted molar refractivity (Wildman–Crippen MR) is 128 cm³/mol. The molecule has 3 heterocycles. The summed E-state index contributed by atoms with van der Waals surface area (Å²) in [5.41, 5.74) is 1.64. The average molecular weight is 484 g/mol. The molecule has 0 aliphatic carbocycles. The normalized spacial score (nSPS) is 20.1. The molecule has 5 rings (SSSR count). The average Bonchev–Trinajstić information content (AvgIpc) is 3.31. The molecule has 0 saturated heterocycles. The molecule has 33 heavy (non-hydrogen) atoms. The molecule has 0 radical (unpaired) electrons. The van der Waals surface area contributed by atoms with Crippen molar-refractivity contribution in [2.75, 3.05) is 16.8 Å². The van der Waals surface area contributed by atoms with Gasteiger partial charge in [0, 0.05) is 22.3 Å². The van der Waals surface area contributed by atoms with Gasteiger partial charge in [-0.15, -0.1) is 5.10 Å². The van der Waals surface area contributed by atoms with Crippen LogP contribution in [0.1, 0.15) is 56.0 Å². The number of benzene rings is 2. The molecule has 1 aromatic heterocycles. The smallest absolute Gasteiger partial charge is 0.244 e. The zero-order valence-electron chi connectivity index (χ0n) is 18.3. The monoisotopic (exact) mass is 483 g/mol. The van der Waals surface area contributed by atoms with E-state index in [1.807, 2.05) is 25.1 Å². The van der Waals surface area contributed by atoms with Crippen LogP contribution < -0.4 is 10.2 Å². The Kier molecular flexibility index (Phi) is 5.41. The first-order valence-electron chi connectivity index (χ1n) is 11.0. The van der Waals surface area contributed by atoms with Crippen LogP contribution in [0.3, 0.4) is 0 Å². The minimum absolute atomic E-state index is 0.0389. The molecule has 2 atom stereocenters. The van der Waals surface area contributed by atoms with Crippen LogP contribution >= 0.6 is 23.2 Å². The lowest BCUT2D eigenvalue weighted by molar-refractivity contribution is -0.126. The summed E-state index contributed by atoms with van der Waals surface area (Å²) in [5.74, 6) is 0.0202. The highest BCUT2D eigenvalue weighted by atomic mass is 35.5. The number of hydrogen-bond donors (Lipinski definition) is 1. The van der Waals surface area contributed by atoms with Crippen molar-refractivity contribution in [2.24, 2.45) is 0 Å². The lowest BCUT2D eigenvalue weighted by Gasteiger charge is -2.31. The van der Waals surface area contributed by atoms with Gasteiger partial charge in [0.1, 0.15) is 11.1 Å². The van der Waals surface area contributed by atoms with E-state index in [-0.39, 0.29) is 24.3 Å². The fraction of sp³-hybridized carbons (Fsp3) is 0.333. The highest BCUT2D eigenvalue weighted by Gasteiger charge is 2.58. The molecular weight excluding hydrogens is 461 g/mol. The second kappa shape index (κ2) is 8.15. The Balaban J connectivity index is 1.67. The molecule has 0 saturated carbocycles. The quantitative estimate of drug-likeness (QED) is 0.555. The number of carbonyl (C=O) groups is 2. The SMILES string of the molecule is CCCCN1C(=O)[C@]2(CC(=O)Nc3c2nnn3[C@@H](C)c2ccc(Cl)cc2)c2cc(Cl)ccc21. The van der Waals surface area contributed by atoms with Crippen molar-refractivity contribution < 1.29 is 9.59 Å². The molecule has 0 bridgehead atoms. The maximum absolute atomic E-state index is 14.0. The first kappa shape index (κ1) is 21.9. The summed E-state index contributed by atoms with van der Waals surface area (Å²) in [7, 11) is 0. The third-order valence-electron chi connectivity index (χ3n) is 6.56. The number of carbonyl (C=O) groups excluding carboxylic acids is 2. The molecule has 2 aliphatic heterocycles. The van der Waals surface area contributed by atoms with Gasteiger partial charge in [-0.25, -0.2) is 4.68 Å². The number of nitrogens with zero attached hydrogens (tertiary/aromatic N) is 4. The number of anilines is 2. The standard InChI is InChI=1S/C24H23Cl2N5O2/c1-3-4-11-30-19-10-9-17(26)12-18(19)24(23(30)33)13-20(32)27-22-21(24)28-29-31(22)14(2)15-5-7-16(25)8-6-15/h5-10,12,14H,3-4,11,13H2,1-2H3,(H,27,32)/t14-,24+/m0/s1. The molecule has 0 unspecified atom stereocenters. The molecule has 170 valence electrons. The van der Waals surface area contributed by atoms with Crippen LogP contribution in [0.2, 0.25) is 10.0 Å². The minimum atomic E-state index is -1.25. The number of nitrogens with one attached hydrogen (secondary N) is 1. The zero-order valence-corrected chi connectivity index (χ0v) is 19.8. The summed E-state index contributed by atoms with van der Waals surface area (Å²) in [4.78, 5) is 28.7. The molecule has 2 aromatic carbocycles. The molecule has 3 aromatic rings. The number of rotatable bonds is 5. The lowest BCUT2D eigenvalue weighted by atomic mass is 9.73. The van der Waals surface area contributed by atoms with E-state index in [0.29, 0.717) is 33.7 Å². The Hall–Kier alpha value is -2.90. The largest absolute Gasteiger partial charge is 0.311 e. The summed E-state index contributed by atoms with van der Waals surface area (Å²) in [6.45, 7) is 4.60. The van der Waals surface area contributed by atoms with E-state index in [9.17, 15) is 9.59 Å². The molecule has 7 nitrogen and oxygen atoms in total. The summed E-state index contributed by atoms with van der Waals surface area (Å²) in [6, 6.07) is 12.6. The number of unbranched alkanes of at least 4 members (excludes halogenated alkanes) is 1. The Bertz CT molecular complexity index is 1260. The highest BCUT2D eigenvalue weighted by molar-refractivity contribution is 6.31. The first-order chi connectivity index (χ1) is 15.9. The van der Waals surface area contributed by atoms with E-state index >= 15 is 0 Å². The number of amides is 2. The van der Waals surface area contributed by atoms with Gasteiger partial charge in [-0.3, -0.25) is 9.59 Å². The maximum atomic E-state index is 14.0. The maximum Gasteiger partial charge on any atom is 0.244 e. The van der Waals surface area contributed by atoms with Gasteiger partial charge in [0.2, 0.25) is 11.8 Å². The van der Waals surface area contributed by atoms with Gasteiger partial charge in [0.25, 0.3) is 0 Å². The van der Waals surface area contributed by atoms with E-state index in [1.54, 1.807) is 33.8 Å². The van der Waals surface area contributed by atoms with Crippen molar-refractivity contribution in [1.82, 2.24) is 15.0 Å². The lowest BCUT2D eigenvalue weighted by Crippen LogP contribution is -2.47. The number of fused-ring (bicyclic) bond motifs is 4. The Labute approximate surface area is 201 Å². The molecule has 2 aliphatic rings. The van der Waals surface area contributed by atoms with Gasteiger partial charge >= 0.3 is 0 Å². The molecule has 9 heteroatoms. The molecule has 0 fully saturated rings. The van der Waals surface area contributed by atoms with Crippen molar-refractivity contribution in [1.29, 1.82) is 0 Å². The third kappa shape index (κ3) is 3.33. The van der Waals surface area contributed by atoms with Gasteiger partial charge < -0.3 is 10.2 Å². The summed E-state index contributed by atoms with van der Waals surface area (Å²) in [5, 5.41) is 12.9. The second-order valence-corrected chi connectivity index (χ2v) is 9.43. The van der Waals surface area contributed by atoms with Gasteiger partial charge in [-0.1, -0.05) is 53.9 Å². The van der Waals surface area contributed by atoms with Crippen molar-refractivity contribution in [3.8, 4) is 0 Å². The number of halogens is 2. The number of aromatic nitrogens is 3. The van der Waals surface area contributed by atoms with Gasteiger partial charge in [0.15, 0.2) is 5.82 Å². The summed E-state index contributed by atoms with van der Waals surface area (Å²) in [6.07, 6.45) is 1.76. The van der Waals surface area contributed by atoms with Crippen LogP contribution in [-0.4, -0.2) is 33.4 Å². The van der Waals surface area contributed by atoms with E-state index in [0.717, 1.165) is 24.1 Å². The van der Waals surface area contributed by atoms with Crippen LogP contribution in [0, 0.1) is 0 Å². The van der Waals surface area contributed by atoms with Crippen molar-refractivity contribution >= 4 is 46.5 Å². The van der Waals surface area contributed by atoms with E-state index < -0.39 is 5.41 Å². The molecule has 2 amide bonds. The summed E-state index contributed by atoms with van der Waals surface area (Å²) < 4.78 is 1.66. The fourth-order valence-corrected chi connectivity index (χ4v) is 5.13. The van der Waals surface area contributed by atoms with E-state index in [2.05, 4.69) is 22.6 Å². The first-order valence-corrected chi connectivity index (χ1v) is 11.8. The number of hydrogen-bond acceptors (Lipinski definition) is 4. The summed E-state index contributed by atoms with van der Waals surface area (Å²) >= 11 is 12.4. The topological polar surface area (TPSA) is 80.1 Å². The Morgan fingerprint density at radius 3 is 2.58 bits per heavy atom. The van der Waals surface area contributed by atoms with Crippen molar-refractivity contribution in [2.45, 2.75) is 44.6 Å². The van der Waals surface area contributed by atoms with Gasteiger partial charge in [-0.05, 0) is 54.8 Å². The fourth-order valence-electron chi connectivity index (χ4n) is 4.83. The van der Waals surface area contributed by atoms with Gasteiger partial charge in [-0.2, -0.15) is 0 Å². The molecule has 1 spiro atoms. The Morgan fingerprint density at radius 1 is 1.12 bits per heavy atom. The van der Waals surface area contributed by atoms with Crippen molar-refractivity contribution in [3.63, 3.8) is 0 Å². The van der Waals surface area contributed by atoms with Crippen LogP contribution in [0.5, 0.6) is 0 Å². The molecular formula is C24H23Cl2N5O2. The predicted octanol–water partition coefficient (Wildman–Crippen LogP) is 4.97. The van der Waals surface area contributed by atoms with Gasteiger partial charge in [0.05, 0.1) is 12.5 Å². The van der Waals surface area contributed by atoms with Crippen LogP contribution in [0.25, 0.3) is 0 Å². The van der Waals surface area contributed by atoms with Crippen LogP contribution in [-0.2, 0) is 15.0 Å². The third-order valence-corrected chi connectivity index (χ3v) is 7.04. The van der Waals surface area contributed by atoms with Crippen LogP contribution in [0.15, 0.2) is 42.5 Å². The second-order valence-electron chi connectivity index (χ2n) is 8.56.